The van der Waals surface area contributed by atoms with Gasteiger partial charge in [0.15, 0.2) is 0 Å². The predicted molar refractivity (Wildman–Crippen MR) is 70.6 cm³/mol. The fourth-order valence-corrected chi connectivity index (χ4v) is 1.35. The standard InChI is InChI=1S/C9H6FNO.C6H14/c10-9-3-1-7(2-4-9)8(5-11)6-12;1-3-5-6-4-2/h1-4,6,8H;3-6H2,1-2H3. The number of halogens is 1. The number of carbonyl (C=O) groups excluding carboxylic acids is 1. The normalized spacial score (nSPS) is 10.8. The van der Waals surface area contributed by atoms with Crippen LogP contribution in [0.25, 0.3) is 0 Å². The molecule has 0 aliphatic rings. The third-order valence-electron chi connectivity index (χ3n) is 2.46. The van der Waals surface area contributed by atoms with Gasteiger partial charge in [0.25, 0.3) is 0 Å². The van der Waals surface area contributed by atoms with Crippen LogP contribution < -0.4 is 0 Å². The van der Waals surface area contributed by atoms with E-state index in [2.05, 4.69) is 13.8 Å². The SMILES string of the molecule is CCCCCC.N#CC(C=O)c1ccc(F)cc1. The van der Waals surface area contributed by atoms with Crippen molar-refractivity contribution in [2.45, 2.75) is 45.4 Å². The molecule has 0 heterocycles. The van der Waals surface area contributed by atoms with Crippen LogP contribution in [-0.2, 0) is 4.79 Å². The molecule has 1 atom stereocenters. The third-order valence-corrected chi connectivity index (χ3v) is 2.46. The molecular weight excluding hydrogens is 229 g/mol. The molecule has 0 radical (unpaired) electrons. The summed E-state index contributed by atoms with van der Waals surface area (Å²) < 4.78 is 12.4. The minimum atomic E-state index is -0.786. The van der Waals surface area contributed by atoms with Crippen molar-refractivity contribution in [1.82, 2.24) is 0 Å². The van der Waals surface area contributed by atoms with E-state index in [1.54, 1.807) is 6.07 Å². The smallest absolute Gasteiger partial charge is 0.141 e. The van der Waals surface area contributed by atoms with Crippen LogP contribution in [0.5, 0.6) is 0 Å². The van der Waals surface area contributed by atoms with Crippen LogP contribution in [0.1, 0.15) is 51.0 Å². The lowest BCUT2D eigenvalue weighted by Crippen LogP contribution is -1.95. The van der Waals surface area contributed by atoms with Crippen LogP contribution in [0.15, 0.2) is 24.3 Å². The van der Waals surface area contributed by atoms with Crippen LogP contribution in [0.3, 0.4) is 0 Å². The second-order valence-corrected chi connectivity index (χ2v) is 4.00. The molecule has 0 aromatic heterocycles. The fourth-order valence-electron chi connectivity index (χ4n) is 1.35. The minimum absolute atomic E-state index is 0.374. The summed E-state index contributed by atoms with van der Waals surface area (Å²) in [6.07, 6.45) is 6.07. The van der Waals surface area contributed by atoms with Gasteiger partial charge in [-0.25, -0.2) is 4.39 Å². The monoisotopic (exact) mass is 249 g/mol. The van der Waals surface area contributed by atoms with Crippen molar-refractivity contribution >= 4 is 6.29 Å². The van der Waals surface area contributed by atoms with Gasteiger partial charge < -0.3 is 4.79 Å². The van der Waals surface area contributed by atoms with Gasteiger partial charge in [0, 0.05) is 0 Å². The molecule has 0 aliphatic carbocycles. The maximum absolute atomic E-state index is 12.4. The van der Waals surface area contributed by atoms with Crippen LogP contribution in [0.4, 0.5) is 4.39 Å². The van der Waals surface area contributed by atoms with E-state index in [9.17, 15) is 9.18 Å². The number of benzene rings is 1. The average molecular weight is 249 g/mol. The van der Waals surface area contributed by atoms with Crippen LogP contribution in [0, 0.1) is 17.1 Å². The molecule has 0 saturated carbocycles. The molecule has 2 nitrogen and oxygen atoms in total. The number of rotatable bonds is 5. The molecule has 0 aliphatic heterocycles. The van der Waals surface area contributed by atoms with E-state index in [4.69, 9.17) is 5.26 Å². The molecule has 18 heavy (non-hydrogen) atoms. The summed E-state index contributed by atoms with van der Waals surface area (Å²) in [5.74, 6) is -1.16. The zero-order valence-electron chi connectivity index (χ0n) is 11.0. The van der Waals surface area contributed by atoms with Gasteiger partial charge in [-0.15, -0.1) is 0 Å². The Hall–Kier alpha value is -1.69. The lowest BCUT2D eigenvalue weighted by molar-refractivity contribution is -0.108. The summed E-state index contributed by atoms with van der Waals surface area (Å²) >= 11 is 0. The van der Waals surface area contributed by atoms with Crippen molar-refractivity contribution in [3.8, 4) is 6.07 Å². The van der Waals surface area contributed by atoms with E-state index in [-0.39, 0.29) is 5.82 Å². The highest BCUT2D eigenvalue weighted by atomic mass is 19.1. The van der Waals surface area contributed by atoms with Gasteiger partial charge in [0.2, 0.25) is 0 Å². The lowest BCUT2D eigenvalue weighted by Gasteiger charge is -1.99. The second kappa shape index (κ2) is 10.5. The van der Waals surface area contributed by atoms with Gasteiger partial charge in [-0.3, -0.25) is 0 Å². The summed E-state index contributed by atoms with van der Waals surface area (Å²) in [4.78, 5) is 10.3. The van der Waals surface area contributed by atoms with Gasteiger partial charge in [-0.05, 0) is 17.7 Å². The number of nitriles is 1. The highest BCUT2D eigenvalue weighted by Crippen LogP contribution is 2.12. The van der Waals surface area contributed by atoms with Crippen molar-refractivity contribution in [2.24, 2.45) is 0 Å². The summed E-state index contributed by atoms with van der Waals surface area (Å²) in [6, 6.07) is 7.10. The average Bonchev–Trinajstić information content (AvgIpc) is 2.40. The summed E-state index contributed by atoms with van der Waals surface area (Å²) in [5.41, 5.74) is 0.522. The third kappa shape index (κ3) is 6.80. The van der Waals surface area contributed by atoms with Crippen LogP contribution in [0.2, 0.25) is 0 Å². The molecule has 1 unspecified atom stereocenters. The first kappa shape index (κ1) is 16.3. The van der Waals surface area contributed by atoms with Gasteiger partial charge in [0.05, 0.1) is 6.07 Å². The Morgan fingerprint density at radius 3 is 2.06 bits per heavy atom. The molecular formula is C15H20FNO. The predicted octanol–water partition coefficient (Wildman–Crippen LogP) is 4.22. The number of unbranched alkanes of at least 4 members (excludes halogenated alkanes) is 3. The summed E-state index contributed by atoms with van der Waals surface area (Å²) in [5, 5.41) is 8.47. The molecule has 0 amide bonds. The molecule has 0 N–H and O–H groups in total. The molecule has 98 valence electrons. The van der Waals surface area contributed by atoms with Crippen molar-refractivity contribution in [1.29, 1.82) is 5.26 Å². The highest BCUT2D eigenvalue weighted by Gasteiger charge is 2.07. The first-order valence-corrected chi connectivity index (χ1v) is 6.29. The zero-order chi connectivity index (χ0) is 13.8. The quantitative estimate of drug-likeness (QED) is 0.579. The van der Waals surface area contributed by atoms with Gasteiger partial charge in [-0.1, -0.05) is 51.7 Å². The number of carbonyl (C=O) groups is 1. The molecule has 0 fully saturated rings. The maximum Gasteiger partial charge on any atom is 0.141 e. The minimum Gasteiger partial charge on any atom is -0.302 e. The first-order valence-electron chi connectivity index (χ1n) is 6.29. The molecule has 0 bridgehead atoms. The fraction of sp³-hybridized carbons (Fsp3) is 0.467. The number of nitrogens with zero attached hydrogens (tertiary/aromatic N) is 1. The van der Waals surface area contributed by atoms with Crippen LogP contribution >= 0.6 is 0 Å². The Labute approximate surface area is 108 Å². The number of hydrogen-bond acceptors (Lipinski definition) is 2. The van der Waals surface area contributed by atoms with E-state index in [0.29, 0.717) is 11.8 Å². The van der Waals surface area contributed by atoms with E-state index in [1.165, 1.54) is 49.9 Å². The van der Waals surface area contributed by atoms with Crippen molar-refractivity contribution < 1.29 is 9.18 Å². The lowest BCUT2D eigenvalue weighted by atomic mass is 10.0. The number of hydrogen-bond donors (Lipinski definition) is 0. The molecule has 1 aromatic carbocycles. The van der Waals surface area contributed by atoms with E-state index in [1.807, 2.05) is 0 Å². The summed E-state index contributed by atoms with van der Waals surface area (Å²) in [7, 11) is 0. The highest BCUT2D eigenvalue weighted by molar-refractivity contribution is 5.66. The Morgan fingerprint density at radius 2 is 1.72 bits per heavy atom. The van der Waals surface area contributed by atoms with Gasteiger partial charge in [0.1, 0.15) is 18.0 Å². The molecule has 0 saturated heterocycles. The first-order chi connectivity index (χ1) is 8.69. The van der Waals surface area contributed by atoms with Gasteiger partial charge in [-0.2, -0.15) is 5.26 Å². The Bertz CT molecular complexity index is 363. The molecule has 1 rings (SSSR count). The molecule has 3 heteroatoms. The van der Waals surface area contributed by atoms with E-state index in [0.717, 1.165) is 0 Å². The van der Waals surface area contributed by atoms with Gasteiger partial charge >= 0.3 is 0 Å². The Morgan fingerprint density at radius 1 is 1.22 bits per heavy atom. The topological polar surface area (TPSA) is 40.9 Å². The molecule has 0 spiro atoms. The van der Waals surface area contributed by atoms with E-state index < -0.39 is 5.92 Å². The van der Waals surface area contributed by atoms with Crippen molar-refractivity contribution in [3.05, 3.63) is 35.6 Å². The van der Waals surface area contributed by atoms with Crippen LogP contribution in [-0.4, -0.2) is 6.29 Å². The molecule has 1 aromatic rings. The summed E-state index contributed by atoms with van der Waals surface area (Å²) in [6.45, 7) is 4.46. The largest absolute Gasteiger partial charge is 0.302 e. The van der Waals surface area contributed by atoms with Crippen molar-refractivity contribution in [2.75, 3.05) is 0 Å². The second-order valence-electron chi connectivity index (χ2n) is 4.00. The maximum atomic E-state index is 12.4. The van der Waals surface area contributed by atoms with E-state index >= 15 is 0 Å². The zero-order valence-corrected chi connectivity index (χ0v) is 11.0. The Balaban J connectivity index is 0.000000411. The Kier molecular flexibility index (Phi) is 9.48. The van der Waals surface area contributed by atoms with Crippen molar-refractivity contribution in [3.63, 3.8) is 0 Å². The number of aldehydes is 1.